The molecule has 1 N–H and O–H groups in total. The number of rotatable bonds is 2. The van der Waals surface area contributed by atoms with E-state index in [4.69, 9.17) is 9.84 Å². The van der Waals surface area contributed by atoms with Crippen LogP contribution in [-0.2, 0) is 4.74 Å². The quantitative estimate of drug-likeness (QED) is 0.806. The Bertz CT molecular complexity index is 439. The molecule has 6 nitrogen and oxygen atoms in total. The van der Waals surface area contributed by atoms with E-state index >= 15 is 0 Å². The van der Waals surface area contributed by atoms with Gasteiger partial charge in [-0.2, -0.15) is 5.10 Å². The molecule has 90 valence electrons. The van der Waals surface area contributed by atoms with E-state index < -0.39 is 5.97 Å². The van der Waals surface area contributed by atoms with E-state index in [1.54, 1.807) is 0 Å². The highest BCUT2D eigenvalue weighted by Crippen LogP contribution is 2.29. The monoisotopic (exact) mass is 235 g/mol. The second-order valence-corrected chi connectivity index (χ2v) is 4.44. The molecule has 2 unspecified atom stereocenters. The fourth-order valence-electron chi connectivity index (χ4n) is 2.51. The minimum absolute atomic E-state index is 0.206. The van der Waals surface area contributed by atoms with Gasteiger partial charge in [-0.25, -0.2) is 4.79 Å². The van der Waals surface area contributed by atoms with Crippen molar-refractivity contribution in [1.29, 1.82) is 0 Å². The number of anilines is 1. The Kier molecular flexibility index (Phi) is 2.44. The van der Waals surface area contributed by atoms with Crippen LogP contribution in [0.2, 0.25) is 0 Å². The first-order valence-corrected chi connectivity index (χ1v) is 5.69. The molecule has 2 saturated heterocycles. The third kappa shape index (κ3) is 1.84. The third-order valence-electron chi connectivity index (χ3n) is 3.27. The number of carboxylic acid groups (broad SMARTS) is 1. The van der Waals surface area contributed by atoms with Crippen LogP contribution in [0.3, 0.4) is 0 Å². The highest BCUT2D eigenvalue weighted by atomic mass is 16.5. The van der Waals surface area contributed by atoms with Gasteiger partial charge >= 0.3 is 5.97 Å². The SMILES string of the molecule is O=C(O)c1ccnnc1N1CC2CCC(C1)O2. The molecule has 3 heterocycles. The standard InChI is InChI=1S/C11H13N3O3/c15-11(16)9-3-4-12-13-10(9)14-5-7-1-2-8(6-14)17-7/h3-4,7-8H,1-2,5-6H2,(H,15,16). The van der Waals surface area contributed by atoms with Crippen LogP contribution < -0.4 is 4.90 Å². The topological polar surface area (TPSA) is 75.5 Å². The lowest BCUT2D eigenvalue weighted by Gasteiger charge is -2.33. The first kappa shape index (κ1) is 10.5. The average molecular weight is 235 g/mol. The zero-order chi connectivity index (χ0) is 11.8. The highest BCUT2D eigenvalue weighted by molar-refractivity contribution is 5.93. The number of carbonyl (C=O) groups is 1. The smallest absolute Gasteiger partial charge is 0.339 e. The minimum atomic E-state index is -0.964. The first-order valence-electron chi connectivity index (χ1n) is 5.69. The summed E-state index contributed by atoms with van der Waals surface area (Å²) in [5, 5.41) is 16.9. The van der Waals surface area contributed by atoms with Gasteiger partial charge < -0.3 is 14.7 Å². The van der Waals surface area contributed by atoms with Crippen molar-refractivity contribution in [3.8, 4) is 0 Å². The Morgan fingerprint density at radius 3 is 2.76 bits per heavy atom. The van der Waals surface area contributed by atoms with Gasteiger partial charge in [0.25, 0.3) is 0 Å². The number of carboxylic acids is 1. The molecule has 0 aromatic carbocycles. The summed E-state index contributed by atoms with van der Waals surface area (Å²) in [4.78, 5) is 13.1. The maximum absolute atomic E-state index is 11.1. The summed E-state index contributed by atoms with van der Waals surface area (Å²) >= 11 is 0. The molecular weight excluding hydrogens is 222 g/mol. The van der Waals surface area contributed by atoms with Crippen molar-refractivity contribution in [3.05, 3.63) is 17.8 Å². The van der Waals surface area contributed by atoms with E-state index in [2.05, 4.69) is 10.2 Å². The van der Waals surface area contributed by atoms with Gasteiger partial charge in [-0.1, -0.05) is 0 Å². The van der Waals surface area contributed by atoms with Crippen LogP contribution in [0.1, 0.15) is 23.2 Å². The van der Waals surface area contributed by atoms with Crippen molar-refractivity contribution in [2.75, 3.05) is 18.0 Å². The zero-order valence-electron chi connectivity index (χ0n) is 9.24. The van der Waals surface area contributed by atoms with Crippen molar-refractivity contribution >= 4 is 11.8 Å². The third-order valence-corrected chi connectivity index (χ3v) is 3.27. The van der Waals surface area contributed by atoms with E-state index in [0.717, 1.165) is 12.8 Å². The number of aromatic nitrogens is 2. The molecule has 0 radical (unpaired) electrons. The van der Waals surface area contributed by atoms with Gasteiger partial charge in [0.1, 0.15) is 5.56 Å². The fourth-order valence-corrected chi connectivity index (χ4v) is 2.51. The lowest BCUT2D eigenvalue weighted by Crippen LogP contribution is -2.43. The molecule has 2 aliphatic heterocycles. The normalized spacial score (nSPS) is 27.2. The largest absolute Gasteiger partial charge is 0.478 e. The summed E-state index contributed by atoms with van der Waals surface area (Å²) in [7, 11) is 0. The van der Waals surface area contributed by atoms with Crippen LogP contribution in [0.4, 0.5) is 5.82 Å². The average Bonchev–Trinajstić information content (AvgIpc) is 2.68. The summed E-state index contributed by atoms with van der Waals surface area (Å²) in [6.45, 7) is 1.41. The second kappa shape index (κ2) is 3.96. The Labute approximate surface area is 98.2 Å². The molecule has 0 saturated carbocycles. The molecule has 2 bridgehead atoms. The molecule has 1 aromatic heterocycles. The van der Waals surface area contributed by atoms with Crippen molar-refractivity contribution in [3.63, 3.8) is 0 Å². The van der Waals surface area contributed by atoms with Gasteiger partial charge in [-0.3, -0.25) is 0 Å². The number of fused-ring (bicyclic) bond motifs is 2. The van der Waals surface area contributed by atoms with E-state index in [0.29, 0.717) is 18.9 Å². The summed E-state index contributed by atoms with van der Waals surface area (Å²) in [6.07, 6.45) is 3.91. The van der Waals surface area contributed by atoms with Gasteiger partial charge in [-0.05, 0) is 18.9 Å². The summed E-state index contributed by atoms with van der Waals surface area (Å²) in [6, 6.07) is 1.49. The second-order valence-electron chi connectivity index (χ2n) is 4.44. The van der Waals surface area contributed by atoms with Gasteiger partial charge in [0, 0.05) is 13.1 Å². The van der Waals surface area contributed by atoms with Crippen LogP contribution in [0.25, 0.3) is 0 Å². The number of aromatic carboxylic acids is 1. The molecule has 17 heavy (non-hydrogen) atoms. The molecule has 0 amide bonds. The van der Waals surface area contributed by atoms with Gasteiger partial charge in [0.15, 0.2) is 5.82 Å². The number of morpholine rings is 1. The van der Waals surface area contributed by atoms with Crippen LogP contribution in [0.15, 0.2) is 12.3 Å². The van der Waals surface area contributed by atoms with Crippen molar-refractivity contribution < 1.29 is 14.6 Å². The van der Waals surface area contributed by atoms with Crippen molar-refractivity contribution in [2.24, 2.45) is 0 Å². The molecule has 2 fully saturated rings. The molecular formula is C11H13N3O3. The molecule has 0 aliphatic carbocycles. The summed E-state index contributed by atoms with van der Waals surface area (Å²) in [5.74, 6) is -0.506. The van der Waals surface area contributed by atoms with E-state index in [1.807, 2.05) is 4.90 Å². The summed E-state index contributed by atoms with van der Waals surface area (Å²) in [5.41, 5.74) is 0.210. The highest BCUT2D eigenvalue weighted by Gasteiger charge is 2.35. The number of hydrogen-bond donors (Lipinski definition) is 1. The van der Waals surface area contributed by atoms with Crippen LogP contribution >= 0.6 is 0 Å². The van der Waals surface area contributed by atoms with Crippen LogP contribution in [0, 0.1) is 0 Å². The zero-order valence-corrected chi connectivity index (χ0v) is 9.24. The molecule has 6 heteroatoms. The Morgan fingerprint density at radius 2 is 2.12 bits per heavy atom. The predicted molar refractivity (Wildman–Crippen MR) is 59.1 cm³/mol. The number of hydrogen-bond acceptors (Lipinski definition) is 5. The predicted octanol–water partition coefficient (Wildman–Crippen LogP) is 0.542. The lowest BCUT2D eigenvalue weighted by molar-refractivity contribution is 0.0299. The summed E-state index contributed by atoms with van der Waals surface area (Å²) < 4.78 is 5.71. The molecule has 1 aromatic rings. The molecule has 2 aliphatic rings. The Balaban J connectivity index is 1.91. The van der Waals surface area contributed by atoms with E-state index in [-0.39, 0.29) is 17.8 Å². The first-order chi connectivity index (χ1) is 8.24. The Morgan fingerprint density at radius 1 is 1.41 bits per heavy atom. The maximum atomic E-state index is 11.1. The fraction of sp³-hybridized carbons (Fsp3) is 0.545. The van der Waals surface area contributed by atoms with Gasteiger partial charge in [0.05, 0.1) is 18.4 Å². The van der Waals surface area contributed by atoms with Gasteiger partial charge in [-0.15, -0.1) is 5.10 Å². The lowest BCUT2D eigenvalue weighted by atomic mass is 10.2. The molecule has 3 rings (SSSR count). The van der Waals surface area contributed by atoms with E-state index in [9.17, 15) is 4.79 Å². The van der Waals surface area contributed by atoms with Crippen LogP contribution in [-0.4, -0.2) is 46.6 Å². The van der Waals surface area contributed by atoms with E-state index in [1.165, 1.54) is 12.3 Å². The number of ether oxygens (including phenoxy) is 1. The van der Waals surface area contributed by atoms with Crippen LogP contribution in [0.5, 0.6) is 0 Å². The minimum Gasteiger partial charge on any atom is -0.478 e. The van der Waals surface area contributed by atoms with Crippen molar-refractivity contribution in [2.45, 2.75) is 25.0 Å². The number of nitrogens with zero attached hydrogens (tertiary/aromatic N) is 3. The van der Waals surface area contributed by atoms with Crippen molar-refractivity contribution in [1.82, 2.24) is 10.2 Å². The molecule has 0 spiro atoms. The maximum Gasteiger partial charge on any atom is 0.339 e. The Hall–Kier alpha value is -1.69. The molecule has 2 atom stereocenters. The van der Waals surface area contributed by atoms with Gasteiger partial charge in [0.2, 0.25) is 0 Å².